The fraction of sp³-hybridized carbons (Fsp3) is 0.267. The lowest BCUT2D eigenvalue weighted by Gasteiger charge is -2.27. The van der Waals surface area contributed by atoms with Gasteiger partial charge >= 0.3 is 0 Å². The molecule has 1 aromatic heterocycles. The molecule has 21 heavy (non-hydrogen) atoms. The van der Waals surface area contributed by atoms with Crippen molar-refractivity contribution in [2.75, 3.05) is 18.4 Å². The summed E-state index contributed by atoms with van der Waals surface area (Å²) >= 11 is 7.43. The Morgan fingerprint density at radius 1 is 1.43 bits per heavy atom. The molecule has 0 atom stereocenters. The molecule has 6 heteroatoms. The second-order valence-corrected chi connectivity index (χ2v) is 6.35. The number of anilines is 1. The second kappa shape index (κ2) is 6.03. The third-order valence-electron chi connectivity index (χ3n) is 3.52. The Morgan fingerprint density at radius 2 is 2.29 bits per heavy atom. The van der Waals surface area contributed by atoms with Crippen LogP contribution in [0.1, 0.15) is 10.4 Å². The minimum absolute atomic E-state index is 0.0267. The summed E-state index contributed by atoms with van der Waals surface area (Å²) in [5.74, 6) is -0.477. The summed E-state index contributed by atoms with van der Waals surface area (Å²) < 4.78 is 13.6. The zero-order chi connectivity index (χ0) is 14.8. The molecule has 1 amide bonds. The number of hydrogen-bond acceptors (Lipinski definition) is 3. The van der Waals surface area contributed by atoms with E-state index < -0.39 is 5.82 Å². The molecule has 0 radical (unpaired) electrons. The third-order valence-corrected chi connectivity index (χ3v) is 4.78. The Kier molecular flexibility index (Phi) is 4.12. The van der Waals surface area contributed by atoms with Gasteiger partial charge in [0, 0.05) is 23.0 Å². The summed E-state index contributed by atoms with van der Waals surface area (Å²) in [6, 6.07) is 6.42. The molecule has 2 heterocycles. The normalized spacial score (nSPS) is 13.9. The molecule has 0 unspecified atom stereocenters. The van der Waals surface area contributed by atoms with Crippen LogP contribution in [0.3, 0.4) is 0 Å². The standard InChI is InChI=1S/C15H14ClFN2OS/c16-11-1-2-13(12(17)7-11)18-8-15(20)19-5-3-14-10(9-19)4-6-21-14/h1-2,4,6-7,18H,3,5,8-9H2. The third kappa shape index (κ3) is 3.19. The molecule has 110 valence electrons. The molecule has 0 bridgehead atoms. The number of carbonyl (C=O) groups excluding carboxylic acids is 1. The summed E-state index contributed by atoms with van der Waals surface area (Å²) in [6.45, 7) is 1.44. The monoisotopic (exact) mass is 324 g/mol. The number of nitrogens with zero attached hydrogens (tertiary/aromatic N) is 1. The van der Waals surface area contributed by atoms with Gasteiger partial charge in [-0.05, 0) is 41.6 Å². The number of rotatable bonds is 3. The Balaban J connectivity index is 1.60. The van der Waals surface area contributed by atoms with Crippen LogP contribution in [0, 0.1) is 5.82 Å². The maximum atomic E-state index is 13.6. The molecular weight excluding hydrogens is 311 g/mol. The van der Waals surface area contributed by atoms with Gasteiger partial charge in [0.25, 0.3) is 0 Å². The van der Waals surface area contributed by atoms with Crippen molar-refractivity contribution in [1.82, 2.24) is 4.90 Å². The zero-order valence-electron chi connectivity index (χ0n) is 11.2. The van der Waals surface area contributed by atoms with Gasteiger partial charge in [-0.3, -0.25) is 4.79 Å². The van der Waals surface area contributed by atoms with E-state index in [0.717, 1.165) is 13.0 Å². The molecule has 1 N–H and O–H groups in total. The Labute approximate surface area is 131 Å². The summed E-state index contributed by atoms with van der Waals surface area (Å²) in [7, 11) is 0. The number of amides is 1. The number of halogens is 2. The van der Waals surface area contributed by atoms with Crippen LogP contribution in [-0.4, -0.2) is 23.9 Å². The van der Waals surface area contributed by atoms with Crippen molar-refractivity contribution in [3.05, 3.63) is 50.9 Å². The van der Waals surface area contributed by atoms with Gasteiger partial charge in [-0.25, -0.2) is 4.39 Å². The highest BCUT2D eigenvalue weighted by molar-refractivity contribution is 7.10. The van der Waals surface area contributed by atoms with Gasteiger partial charge in [0.15, 0.2) is 0 Å². The van der Waals surface area contributed by atoms with E-state index in [-0.39, 0.29) is 12.5 Å². The molecule has 0 aliphatic carbocycles. The minimum atomic E-state index is -0.450. The molecule has 3 nitrogen and oxygen atoms in total. The lowest BCUT2D eigenvalue weighted by atomic mass is 10.1. The van der Waals surface area contributed by atoms with E-state index in [4.69, 9.17) is 11.6 Å². The molecular formula is C15H14ClFN2OS. The van der Waals surface area contributed by atoms with Crippen LogP contribution in [0.5, 0.6) is 0 Å². The van der Waals surface area contributed by atoms with Crippen molar-refractivity contribution in [3.8, 4) is 0 Å². The molecule has 1 aliphatic rings. The van der Waals surface area contributed by atoms with Crippen LogP contribution < -0.4 is 5.32 Å². The average molecular weight is 325 g/mol. The first-order valence-electron chi connectivity index (χ1n) is 6.65. The molecule has 0 saturated carbocycles. The second-order valence-electron chi connectivity index (χ2n) is 4.91. The van der Waals surface area contributed by atoms with Crippen molar-refractivity contribution in [1.29, 1.82) is 0 Å². The van der Waals surface area contributed by atoms with Gasteiger partial charge in [-0.2, -0.15) is 0 Å². The van der Waals surface area contributed by atoms with Gasteiger partial charge in [-0.15, -0.1) is 11.3 Å². The number of fused-ring (bicyclic) bond motifs is 1. The number of benzene rings is 1. The van der Waals surface area contributed by atoms with Gasteiger partial charge in [0.2, 0.25) is 5.91 Å². The van der Waals surface area contributed by atoms with E-state index in [2.05, 4.69) is 16.8 Å². The van der Waals surface area contributed by atoms with Crippen LogP contribution in [0.15, 0.2) is 29.6 Å². The van der Waals surface area contributed by atoms with E-state index in [1.54, 1.807) is 22.3 Å². The first kappa shape index (κ1) is 14.4. The highest BCUT2D eigenvalue weighted by atomic mass is 35.5. The average Bonchev–Trinajstić information content (AvgIpc) is 2.93. The molecule has 1 aromatic carbocycles. The largest absolute Gasteiger partial charge is 0.374 e. The smallest absolute Gasteiger partial charge is 0.242 e. The number of carbonyl (C=O) groups is 1. The van der Waals surface area contributed by atoms with E-state index in [1.165, 1.54) is 22.6 Å². The van der Waals surface area contributed by atoms with Crippen LogP contribution in [0.2, 0.25) is 5.02 Å². The molecule has 0 spiro atoms. The van der Waals surface area contributed by atoms with Crippen molar-refractivity contribution in [3.63, 3.8) is 0 Å². The highest BCUT2D eigenvalue weighted by Crippen LogP contribution is 2.24. The van der Waals surface area contributed by atoms with Crippen molar-refractivity contribution < 1.29 is 9.18 Å². The molecule has 3 rings (SSSR count). The quantitative estimate of drug-likeness (QED) is 0.936. The summed E-state index contributed by atoms with van der Waals surface area (Å²) in [4.78, 5) is 15.4. The van der Waals surface area contributed by atoms with Gasteiger partial charge in [0.05, 0.1) is 12.2 Å². The molecule has 1 aliphatic heterocycles. The molecule has 0 fully saturated rings. The maximum absolute atomic E-state index is 13.6. The van der Waals surface area contributed by atoms with E-state index >= 15 is 0 Å². The predicted molar refractivity (Wildman–Crippen MR) is 83.3 cm³/mol. The van der Waals surface area contributed by atoms with Crippen LogP contribution in [0.4, 0.5) is 10.1 Å². The van der Waals surface area contributed by atoms with Crippen LogP contribution in [-0.2, 0) is 17.8 Å². The van der Waals surface area contributed by atoms with E-state index in [0.29, 0.717) is 17.3 Å². The first-order chi connectivity index (χ1) is 10.1. The van der Waals surface area contributed by atoms with Crippen LogP contribution in [0.25, 0.3) is 0 Å². The van der Waals surface area contributed by atoms with E-state index in [1.807, 2.05) is 0 Å². The fourth-order valence-electron chi connectivity index (χ4n) is 2.38. The summed E-state index contributed by atoms with van der Waals surface area (Å²) in [5.41, 5.74) is 1.51. The van der Waals surface area contributed by atoms with Crippen molar-refractivity contribution in [2.24, 2.45) is 0 Å². The Bertz CT molecular complexity index is 673. The number of nitrogens with one attached hydrogen (secondary N) is 1. The Morgan fingerprint density at radius 3 is 3.10 bits per heavy atom. The van der Waals surface area contributed by atoms with Crippen molar-refractivity contribution in [2.45, 2.75) is 13.0 Å². The van der Waals surface area contributed by atoms with Gasteiger partial charge in [-0.1, -0.05) is 11.6 Å². The Hall–Kier alpha value is -1.59. The lowest BCUT2D eigenvalue weighted by molar-refractivity contribution is -0.130. The zero-order valence-corrected chi connectivity index (χ0v) is 12.8. The van der Waals surface area contributed by atoms with E-state index in [9.17, 15) is 9.18 Å². The predicted octanol–water partition coefficient (Wildman–Crippen LogP) is 3.54. The minimum Gasteiger partial charge on any atom is -0.374 e. The van der Waals surface area contributed by atoms with Crippen molar-refractivity contribution >= 4 is 34.5 Å². The summed E-state index contributed by atoms with van der Waals surface area (Å²) in [6.07, 6.45) is 0.897. The molecule has 0 saturated heterocycles. The summed E-state index contributed by atoms with van der Waals surface area (Å²) in [5, 5.41) is 5.23. The van der Waals surface area contributed by atoms with Gasteiger partial charge in [0.1, 0.15) is 5.82 Å². The first-order valence-corrected chi connectivity index (χ1v) is 7.91. The van der Waals surface area contributed by atoms with Crippen LogP contribution >= 0.6 is 22.9 Å². The number of thiophene rings is 1. The highest BCUT2D eigenvalue weighted by Gasteiger charge is 2.21. The van der Waals surface area contributed by atoms with Gasteiger partial charge < -0.3 is 10.2 Å². The topological polar surface area (TPSA) is 32.3 Å². The lowest BCUT2D eigenvalue weighted by Crippen LogP contribution is -2.38. The maximum Gasteiger partial charge on any atom is 0.242 e. The molecule has 2 aromatic rings. The number of hydrogen-bond donors (Lipinski definition) is 1. The fourth-order valence-corrected chi connectivity index (χ4v) is 3.43. The SMILES string of the molecule is O=C(CNc1ccc(Cl)cc1F)N1CCc2sccc2C1.